The molecule has 0 saturated carbocycles. The highest BCUT2D eigenvalue weighted by atomic mass is 35.5. The zero-order valence-corrected chi connectivity index (χ0v) is 17.8. The normalized spacial score (nSPS) is 16.4. The van der Waals surface area contributed by atoms with Gasteiger partial charge in [0.05, 0.1) is 16.8 Å². The molecule has 1 unspecified atom stereocenters. The highest BCUT2D eigenvalue weighted by Gasteiger charge is 2.26. The van der Waals surface area contributed by atoms with Crippen molar-refractivity contribution in [1.82, 2.24) is 14.9 Å². The first-order chi connectivity index (χ1) is 15.2. The SMILES string of the molecule is O=C(c1cnc2ccccc2c1)N1CCCC(c2cccc(-c3cccc(Cl)c3)n2)C1. The monoisotopic (exact) mass is 427 g/mol. The summed E-state index contributed by atoms with van der Waals surface area (Å²) in [5.74, 6) is 0.249. The van der Waals surface area contributed by atoms with Gasteiger partial charge in [-0.25, -0.2) is 0 Å². The number of hydrogen-bond acceptors (Lipinski definition) is 3. The predicted octanol–water partition coefficient (Wildman–Crippen LogP) is 5.97. The molecule has 0 bridgehead atoms. The Morgan fingerprint density at radius 3 is 2.77 bits per heavy atom. The third-order valence-electron chi connectivity index (χ3n) is 5.86. The van der Waals surface area contributed by atoms with Crippen LogP contribution in [0.15, 0.2) is 79.0 Å². The van der Waals surface area contributed by atoms with Gasteiger partial charge in [-0.05, 0) is 49.2 Å². The zero-order chi connectivity index (χ0) is 21.2. The van der Waals surface area contributed by atoms with E-state index in [4.69, 9.17) is 16.6 Å². The maximum Gasteiger partial charge on any atom is 0.255 e. The van der Waals surface area contributed by atoms with Crippen LogP contribution in [0.3, 0.4) is 0 Å². The third-order valence-corrected chi connectivity index (χ3v) is 6.09. The van der Waals surface area contributed by atoms with Crippen LogP contribution in [0.4, 0.5) is 0 Å². The number of hydrogen-bond donors (Lipinski definition) is 0. The van der Waals surface area contributed by atoms with Gasteiger partial charge in [-0.3, -0.25) is 14.8 Å². The van der Waals surface area contributed by atoms with Crippen LogP contribution < -0.4 is 0 Å². The smallest absolute Gasteiger partial charge is 0.255 e. The Labute approximate surface area is 186 Å². The van der Waals surface area contributed by atoms with Crippen molar-refractivity contribution in [1.29, 1.82) is 0 Å². The highest BCUT2D eigenvalue weighted by molar-refractivity contribution is 6.30. The van der Waals surface area contributed by atoms with E-state index < -0.39 is 0 Å². The average Bonchev–Trinajstić information content (AvgIpc) is 2.83. The zero-order valence-electron chi connectivity index (χ0n) is 17.0. The van der Waals surface area contributed by atoms with Crippen molar-refractivity contribution in [3.05, 3.63) is 95.3 Å². The molecule has 154 valence electrons. The number of fused-ring (bicyclic) bond motifs is 1. The summed E-state index contributed by atoms with van der Waals surface area (Å²) in [6.07, 6.45) is 3.67. The second-order valence-electron chi connectivity index (χ2n) is 7.97. The van der Waals surface area contributed by atoms with E-state index in [1.165, 1.54) is 0 Å². The molecule has 1 aliphatic heterocycles. The summed E-state index contributed by atoms with van der Waals surface area (Å²) < 4.78 is 0. The second kappa shape index (κ2) is 8.48. The van der Waals surface area contributed by atoms with Crippen molar-refractivity contribution in [3.63, 3.8) is 0 Å². The van der Waals surface area contributed by atoms with Gasteiger partial charge in [0.15, 0.2) is 0 Å². The fourth-order valence-electron chi connectivity index (χ4n) is 4.26. The van der Waals surface area contributed by atoms with Crippen molar-refractivity contribution in [2.75, 3.05) is 13.1 Å². The maximum absolute atomic E-state index is 13.2. The van der Waals surface area contributed by atoms with E-state index in [2.05, 4.69) is 11.1 Å². The van der Waals surface area contributed by atoms with E-state index in [0.29, 0.717) is 17.1 Å². The number of piperidine rings is 1. The summed E-state index contributed by atoms with van der Waals surface area (Å²) in [6, 6.07) is 23.6. The van der Waals surface area contributed by atoms with Gasteiger partial charge in [-0.15, -0.1) is 0 Å². The molecule has 4 aromatic rings. The maximum atomic E-state index is 13.2. The van der Waals surface area contributed by atoms with E-state index >= 15 is 0 Å². The Morgan fingerprint density at radius 1 is 1.00 bits per heavy atom. The van der Waals surface area contributed by atoms with Crippen molar-refractivity contribution >= 4 is 28.4 Å². The summed E-state index contributed by atoms with van der Waals surface area (Å²) in [6.45, 7) is 1.42. The molecular weight excluding hydrogens is 406 g/mol. The summed E-state index contributed by atoms with van der Waals surface area (Å²) in [5.41, 5.74) is 4.46. The summed E-state index contributed by atoms with van der Waals surface area (Å²) >= 11 is 6.15. The van der Waals surface area contributed by atoms with Crippen molar-refractivity contribution < 1.29 is 4.79 Å². The van der Waals surface area contributed by atoms with Crippen molar-refractivity contribution in [2.45, 2.75) is 18.8 Å². The lowest BCUT2D eigenvalue weighted by atomic mass is 9.93. The van der Waals surface area contributed by atoms with Gasteiger partial charge in [0.25, 0.3) is 5.91 Å². The molecule has 5 rings (SSSR count). The Balaban J connectivity index is 1.37. The first-order valence-electron chi connectivity index (χ1n) is 10.5. The van der Waals surface area contributed by atoms with Crippen molar-refractivity contribution in [2.24, 2.45) is 0 Å². The topological polar surface area (TPSA) is 46.1 Å². The second-order valence-corrected chi connectivity index (χ2v) is 8.40. The number of para-hydroxylation sites is 1. The van der Waals surface area contributed by atoms with Gasteiger partial charge in [0, 0.05) is 46.9 Å². The fraction of sp³-hybridized carbons (Fsp3) is 0.192. The lowest BCUT2D eigenvalue weighted by molar-refractivity contribution is 0.0705. The number of pyridine rings is 2. The van der Waals surface area contributed by atoms with Crippen LogP contribution in [0.25, 0.3) is 22.2 Å². The molecule has 31 heavy (non-hydrogen) atoms. The number of benzene rings is 2. The molecule has 5 heteroatoms. The number of rotatable bonds is 3. The van der Waals surface area contributed by atoms with E-state index in [9.17, 15) is 4.79 Å². The lowest BCUT2D eigenvalue weighted by Crippen LogP contribution is -2.39. The number of aromatic nitrogens is 2. The van der Waals surface area contributed by atoms with Gasteiger partial charge in [-0.1, -0.05) is 48.0 Å². The molecule has 2 aromatic carbocycles. The minimum atomic E-state index is 0.0361. The molecule has 0 aliphatic carbocycles. The molecule has 1 atom stereocenters. The summed E-state index contributed by atoms with van der Waals surface area (Å²) in [7, 11) is 0. The summed E-state index contributed by atoms with van der Waals surface area (Å²) in [4.78, 5) is 24.5. The van der Waals surface area contributed by atoms with Gasteiger partial charge >= 0.3 is 0 Å². The van der Waals surface area contributed by atoms with Crippen LogP contribution in [0, 0.1) is 0 Å². The molecule has 4 nitrogen and oxygen atoms in total. The van der Waals surface area contributed by atoms with Crippen molar-refractivity contribution in [3.8, 4) is 11.3 Å². The molecular formula is C26H22ClN3O. The Morgan fingerprint density at radius 2 is 1.87 bits per heavy atom. The molecule has 1 saturated heterocycles. The third kappa shape index (κ3) is 4.17. The molecule has 0 radical (unpaired) electrons. The number of likely N-dealkylation sites (tertiary alicyclic amines) is 1. The first kappa shape index (κ1) is 19.7. The minimum absolute atomic E-state index is 0.0361. The van der Waals surface area contributed by atoms with Crippen LogP contribution >= 0.6 is 11.6 Å². The van der Waals surface area contributed by atoms with Crippen LogP contribution in [0.1, 0.15) is 34.8 Å². The van der Waals surface area contributed by atoms with E-state index in [1.807, 2.05) is 71.6 Å². The standard InChI is InChI=1S/C26H22ClN3O/c27-22-9-3-7-19(15-22)24-11-4-12-25(29-24)20-8-5-13-30(17-20)26(31)21-14-18-6-1-2-10-23(18)28-16-21/h1-4,6-7,9-12,14-16,20H,5,8,13,17H2. The first-order valence-corrected chi connectivity index (χ1v) is 10.9. The molecule has 1 aliphatic rings. The van der Waals surface area contributed by atoms with Crippen LogP contribution in [-0.2, 0) is 0 Å². The highest BCUT2D eigenvalue weighted by Crippen LogP contribution is 2.29. The molecule has 1 fully saturated rings. The minimum Gasteiger partial charge on any atom is -0.338 e. The molecule has 1 amide bonds. The van der Waals surface area contributed by atoms with Gasteiger partial charge in [0.1, 0.15) is 0 Å². The van der Waals surface area contributed by atoms with E-state index in [0.717, 1.165) is 47.2 Å². The van der Waals surface area contributed by atoms with E-state index in [-0.39, 0.29) is 11.8 Å². The molecule has 0 spiro atoms. The van der Waals surface area contributed by atoms with Gasteiger partial charge < -0.3 is 4.90 Å². The quantitative estimate of drug-likeness (QED) is 0.404. The number of amides is 1. The van der Waals surface area contributed by atoms with Gasteiger partial charge in [-0.2, -0.15) is 0 Å². The summed E-state index contributed by atoms with van der Waals surface area (Å²) in [5, 5.41) is 1.68. The van der Waals surface area contributed by atoms with Crippen LogP contribution in [0.2, 0.25) is 5.02 Å². The average molecular weight is 428 g/mol. The number of halogens is 1. The molecule has 3 heterocycles. The number of carbonyl (C=O) groups excluding carboxylic acids is 1. The Kier molecular flexibility index (Phi) is 5.39. The van der Waals surface area contributed by atoms with Crippen LogP contribution in [0.5, 0.6) is 0 Å². The fourth-order valence-corrected chi connectivity index (χ4v) is 4.45. The van der Waals surface area contributed by atoms with E-state index in [1.54, 1.807) is 6.20 Å². The molecule has 0 N–H and O–H groups in total. The Bertz CT molecular complexity index is 1260. The predicted molar refractivity (Wildman–Crippen MR) is 124 cm³/mol. The van der Waals surface area contributed by atoms with Crippen LogP contribution in [-0.4, -0.2) is 33.9 Å². The number of carbonyl (C=O) groups is 1. The Hall–Kier alpha value is -3.24. The molecule has 2 aromatic heterocycles. The largest absolute Gasteiger partial charge is 0.338 e. The van der Waals surface area contributed by atoms with Gasteiger partial charge in [0.2, 0.25) is 0 Å². The number of nitrogens with zero attached hydrogens (tertiary/aromatic N) is 3. The lowest BCUT2D eigenvalue weighted by Gasteiger charge is -2.32.